The lowest BCUT2D eigenvalue weighted by atomic mass is 10.2. The van der Waals surface area contributed by atoms with Gasteiger partial charge in [-0.05, 0) is 12.0 Å². The van der Waals surface area contributed by atoms with Crippen molar-refractivity contribution in [2.75, 3.05) is 0 Å². The molecule has 0 bridgehead atoms. The molecule has 62 valence electrons. The maximum absolute atomic E-state index is 11.1. The lowest BCUT2D eigenvalue weighted by Crippen LogP contribution is -2.05. The van der Waals surface area contributed by atoms with E-state index in [1.165, 1.54) is 0 Å². The second-order valence-electron chi connectivity index (χ2n) is 2.91. The minimum Gasteiger partial charge on any atom is -0.432 e. The van der Waals surface area contributed by atoms with Gasteiger partial charge in [-0.15, -0.1) is 0 Å². The third-order valence-corrected chi connectivity index (χ3v) is 2.27. The third kappa shape index (κ3) is 0.826. The van der Waals surface area contributed by atoms with E-state index in [0.717, 1.165) is 18.3 Å². The first-order valence-corrected chi connectivity index (χ1v) is 3.83. The zero-order valence-corrected chi connectivity index (χ0v) is 6.50. The second kappa shape index (κ2) is 2.30. The van der Waals surface area contributed by atoms with Gasteiger partial charge in [0.2, 0.25) is 0 Å². The van der Waals surface area contributed by atoms with Crippen molar-refractivity contribution in [1.29, 1.82) is 0 Å². The molecule has 0 spiro atoms. The van der Waals surface area contributed by atoms with Crippen LogP contribution in [0, 0.1) is 5.92 Å². The van der Waals surface area contributed by atoms with Crippen LogP contribution in [0.5, 0.6) is 0 Å². The summed E-state index contributed by atoms with van der Waals surface area (Å²) in [6.45, 7) is 3.27. The molecular weight excluding hydrogens is 156 g/mol. The summed E-state index contributed by atoms with van der Waals surface area (Å²) >= 11 is 0. The van der Waals surface area contributed by atoms with Crippen LogP contribution in [-0.4, -0.2) is 11.8 Å². The van der Waals surface area contributed by atoms with Gasteiger partial charge < -0.3 is 4.74 Å². The summed E-state index contributed by atoms with van der Waals surface area (Å²) in [7, 11) is 0. The summed E-state index contributed by atoms with van der Waals surface area (Å²) in [6, 6.07) is 0. The van der Waals surface area contributed by atoms with E-state index >= 15 is 0 Å². The predicted molar refractivity (Wildman–Crippen MR) is 41.0 cm³/mol. The average Bonchev–Trinajstić information content (AvgIpc) is 2.65. The van der Waals surface area contributed by atoms with Crippen molar-refractivity contribution in [3.05, 3.63) is 24.0 Å². The van der Waals surface area contributed by atoms with Crippen LogP contribution in [0.4, 0.5) is 0 Å². The number of Topliss-reactive ketones (excluding diaryl/α,β-unsaturated/α-hetero) is 1. The zero-order chi connectivity index (χ0) is 8.72. The van der Waals surface area contributed by atoms with Gasteiger partial charge in [0.15, 0.2) is 0 Å². The lowest BCUT2D eigenvalue weighted by Gasteiger charge is -1.94. The number of esters is 1. The quantitative estimate of drug-likeness (QED) is 0.451. The Hall–Kier alpha value is -1.38. The molecule has 0 aromatic heterocycles. The first-order chi connectivity index (χ1) is 5.75. The number of hydrogen-bond acceptors (Lipinski definition) is 3. The Morgan fingerprint density at radius 1 is 1.58 bits per heavy atom. The predicted octanol–water partition coefficient (Wildman–Crippen LogP) is 0.962. The van der Waals surface area contributed by atoms with Crippen molar-refractivity contribution in [2.45, 2.75) is 12.8 Å². The standard InChI is InChI=1S/C9H8O3/c1-2-12-9(11)8-5-3-4-6(10)7(5)8/h2,7H,1,3-4H2/t7-/m1/s1. The van der Waals surface area contributed by atoms with Gasteiger partial charge in [-0.1, -0.05) is 6.58 Å². The van der Waals surface area contributed by atoms with E-state index in [4.69, 9.17) is 0 Å². The summed E-state index contributed by atoms with van der Waals surface area (Å²) in [5, 5.41) is 0. The molecule has 0 aromatic rings. The Bertz CT molecular complexity index is 312. The van der Waals surface area contributed by atoms with Gasteiger partial charge in [0, 0.05) is 6.42 Å². The molecule has 2 aliphatic carbocycles. The van der Waals surface area contributed by atoms with Crippen molar-refractivity contribution >= 4 is 11.8 Å². The molecule has 3 nitrogen and oxygen atoms in total. The highest BCUT2D eigenvalue weighted by molar-refractivity contribution is 6.10. The van der Waals surface area contributed by atoms with E-state index in [9.17, 15) is 9.59 Å². The van der Waals surface area contributed by atoms with Crippen LogP contribution in [-0.2, 0) is 14.3 Å². The van der Waals surface area contributed by atoms with Crippen LogP contribution in [0.2, 0.25) is 0 Å². The molecule has 0 N–H and O–H groups in total. The molecule has 2 rings (SSSR count). The molecule has 0 saturated heterocycles. The highest BCUT2D eigenvalue weighted by atomic mass is 16.5. The molecule has 0 heterocycles. The van der Waals surface area contributed by atoms with Gasteiger partial charge in [0.25, 0.3) is 0 Å². The fraction of sp³-hybridized carbons (Fsp3) is 0.333. The van der Waals surface area contributed by atoms with E-state index < -0.39 is 5.97 Å². The third-order valence-electron chi connectivity index (χ3n) is 2.27. The number of ether oxygens (including phenoxy) is 1. The van der Waals surface area contributed by atoms with Crippen molar-refractivity contribution in [3.8, 4) is 0 Å². The summed E-state index contributed by atoms with van der Waals surface area (Å²) in [5.41, 5.74) is 1.55. The van der Waals surface area contributed by atoms with E-state index in [0.29, 0.717) is 12.0 Å². The molecule has 12 heavy (non-hydrogen) atoms. The molecule has 2 aliphatic rings. The average molecular weight is 164 g/mol. The van der Waals surface area contributed by atoms with E-state index in [1.807, 2.05) is 0 Å². The van der Waals surface area contributed by atoms with Crippen molar-refractivity contribution < 1.29 is 14.3 Å². The fourth-order valence-electron chi connectivity index (χ4n) is 1.69. The van der Waals surface area contributed by atoms with Gasteiger partial charge in [-0.2, -0.15) is 0 Å². The monoisotopic (exact) mass is 164 g/mol. The van der Waals surface area contributed by atoms with Crippen LogP contribution in [0.3, 0.4) is 0 Å². The highest BCUT2D eigenvalue weighted by Crippen LogP contribution is 2.49. The topological polar surface area (TPSA) is 43.4 Å². The molecule has 0 aliphatic heterocycles. The first kappa shape index (κ1) is 7.28. The Morgan fingerprint density at radius 3 is 2.83 bits per heavy atom. The van der Waals surface area contributed by atoms with Gasteiger partial charge in [-0.3, -0.25) is 4.79 Å². The Balaban J connectivity index is 2.10. The summed E-state index contributed by atoms with van der Waals surface area (Å²) in [4.78, 5) is 22.1. The molecule has 1 atom stereocenters. The molecule has 3 heteroatoms. The van der Waals surface area contributed by atoms with Gasteiger partial charge in [0.1, 0.15) is 5.78 Å². The number of carbonyl (C=O) groups excluding carboxylic acids is 2. The SMILES string of the molecule is C=COC(=O)C1=C2CCC(=O)[C@@H]21. The van der Waals surface area contributed by atoms with Crippen LogP contribution in [0.1, 0.15) is 12.8 Å². The van der Waals surface area contributed by atoms with Crippen LogP contribution in [0.15, 0.2) is 24.0 Å². The lowest BCUT2D eigenvalue weighted by molar-refractivity contribution is -0.134. The highest BCUT2D eigenvalue weighted by Gasteiger charge is 2.50. The molecule has 0 radical (unpaired) electrons. The molecular formula is C9H8O3. The number of ketones is 1. The van der Waals surface area contributed by atoms with Crippen molar-refractivity contribution in [1.82, 2.24) is 0 Å². The van der Waals surface area contributed by atoms with Crippen molar-refractivity contribution in [2.24, 2.45) is 5.92 Å². The molecule has 0 amide bonds. The van der Waals surface area contributed by atoms with E-state index in [-0.39, 0.29) is 11.7 Å². The largest absolute Gasteiger partial charge is 0.432 e. The molecule has 0 aromatic carbocycles. The fourth-order valence-corrected chi connectivity index (χ4v) is 1.69. The maximum Gasteiger partial charge on any atom is 0.339 e. The number of hydrogen-bond donors (Lipinski definition) is 0. The zero-order valence-electron chi connectivity index (χ0n) is 6.50. The second-order valence-corrected chi connectivity index (χ2v) is 2.91. The van der Waals surface area contributed by atoms with E-state index in [2.05, 4.69) is 11.3 Å². The number of allylic oxidation sites excluding steroid dienone is 1. The Labute approximate surface area is 69.7 Å². The van der Waals surface area contributed by atoms with Crippen LogP contribution in [0.25, 0.3) is 0 Å². The van der Waals surface area contributed by atoms with E-state index in [1.54, 1.807) is 0 Å². The normalized spacial score (nSPS) is 25.3. The Morgan fingerprint density at radius 2 is 2.33 bits per heavy atom. The molecule has 1 fully saturated rings. The molecule has 1 saturated carbocycles. The molecule has 0 unspecified atom stereocenters. The van der Waals surface area contributed by atoms with Gasteiger partial charge >= 0.3 is 5.97 Å². The summed E-state index contributed by atoms with van der Waals surface area (Å²) in [5.74, 6) is -0.434. The number of rotatable bonds is 2. The smallest absolute Gasteiger partial charge is 0.339 e. The van der Waals surface area contributed by atoms with Gasteiger partial charge in [-0.25, -0.2) is 4.79 Å². The van der Waals surface area contributed by atoms with Crippen LogP contribution < -0.4 is 0 Å². The van der Waals surface area contributed by atoms with Gasteiger partial charge in [0.05, 0.1) is 17.8 Å². The van der Waals surface area contributed by atoms with Crippen molar-refractivity contribution in [3.63, 3.8) is 0 Å². The minimum absolute atomic E-state index is 0.154. The summed E-state index contributed by atoms with van der Waals surface area (Å²) < 4.78 is 4.57. The number of fused-ring (bicyclic) bond motifs is 1. The first-order valence-electron chi connectivity index (χ1n) is 3.83. The minimum atomic E-state index is -0.405. The maximum atomic E-state index is 11.1. The summed E-state index contributed by atoms with van der Waals surface area (Å²) in [6.07, 6.45) is 2.42. The number of carbonyl (C=O) groups is 2. The van der Waals surface area contributed by atoms with Crippen LogP contribution >= 0.6 is 0 Å². The Kier molecular flexibility index (Phi) is 1.40.